The molecule has 0 saturated heterocycles. The highest BCUT2D eigenvalue weighted by Gasteiger charge is 2.15. The summed E-state index contributed by atoms with van der Waals surface area (Å²) in [6.45, 7) is 5.72. The SMILES string of the molecule is CCNCc1nnc(N(C)C(C)CSC)o1. The van der Waals surface area contributed by atoms with E-state index in [0.29, 0.717) is 24.5 Å². The second-order valence-electron chi connectivity index (χ2n) is 3.67. The van der Waals surface area contributed by atoms with Gasteiger partial charge in [-0.15, -0.1) is 5.10 Å². The first-order valence-corrected chi connectivity index (χ1v) is 6.83. The van der Waals surface area contributed by atoms with Crippen molar-refractivity contribution in [1.29, 1.82) is 0 Å². The number of rotatable bonds is 7. The molecule has 0 aliphatic rings. The van der Waals surface area contributed by atoms with Crippen LogP contribution in [0.25, 0.3) is 0 Å². The third-order valence-electron chi connectivity index (χ3n) is 2.35. The molecule has 0 saturated carbocycles. The Bertz CT molecular complexity index is 305. The molecule has 0 aliphatic heterocycles. The normalized spacial score (nSPS) is 12.8. The van der Waals surface area contributed by atoms with Gasteiger partial charge in [0.05, 0.1) is 6.54 Å². The van der Waals surface area contributed by atoms with Crippen molar-refractivity contribution in [2.45, 2.75) is 26.4 Å². The molecule has 1 N–H and O–H groups in total. The van der Waals surface area contributed by atoms with Crippen LogP contribution in [0.5, 0.6) is 0 Å². The molecule has 5 nitrogen and oxygen atoms in total. The number of thioether (sulfide) groups is 1. The molecule has 92 valence electrons. The van der Waals surface area contributed by atoms with Gasteiger partial charge in [-0.1, -0.05) is 12.0 Å². The van der Waals surface area contributed by atoms with Gasteiger partial charge in [-0.25, -0.2) is 0 Å². The Labute approximate surface area is 101 Å². The third kappa shape index (κ3) is 3.68. The van der Waals surface area contributed by atoms with E-state index in [4.69, 9.17) is 4.42 Å². The summed E-state index contributed by atoms with van der Waals surface area (Å²) in [5.41, 5.74) is 0. The molecule has 0 amide bonds. The van der Waals surface area contributed by atoms with Gasteiger partial charge in [0, 0.05) is 18.8 Å². The highest BCUT2D eigenvalue weighted by atomic mass is 32.2. The van der Waals surface area contributed by atoms with Crippen LogP contribution in [0, 0.1) is 0 Å². The van der Waals surface area contributed by atoms with Crippen LogP contribution < -0.4 is 10.2 Å². The molecule has 0 aromatic carbocycles. The Morgan fingerprint density at radius 1 is 1.50 bits per heavy atom. The minimum Gasteiger partial charge on any atom is -0.407 e. The lowest BCUT2D eigenvalue weighted by molar-refractivity contribution is 0.463. The summed E-state index contributed by atoms with van der Waals surface area (Å²) in [6, 6.07) is 0.983. The van der Waals surface area contributed by atoms with Gasteiger partial charge in [0.15, 0.2) is 0 Å². The zero-order valence-corrected chi connectivity index (χ0v) is 11.2. The predicted molar refractivity (Wildman–Crippen MR) is 67.9 cm³/mol. The predicted octanol–water partition coefficient (Wildman–Crippen LogP) is 1.37. The number of hydrogen-bond acceptors (Lipinski definition) is 6. The van der Waals surface area contributed by atoms with E-state index in [2.05, 4.69) is 28.7 Å². The molecule has 6 heteroatoms. The Balaban J connectivity index is 2.55. The molecule has 0 radical (unpaired) electrons. The minimum absolute atomic E-state index is 0.391. The van der Waals surface area contributed by atoms with Crippen LogP contribution in [0.4, 0.5) is 6.01 Å². The Morgan fingerprint density at radius 2 is 2.25 bits per heavy atom. The van der Waals surface area contributed by atoms with Crippen molar-refractivity contribution in [1.82, 2.24) is 15.5 Å². The molecular formula is C10H20N4OS. The fourth-order valence-electron chi connectivity index (χ4n) is 1.23. The van der Waals surface area contributed by atoms with Crippen molar-refractivity contribution in [2.24, 2.45) is 0 Å². The third-order valence-corrected chi connectivity index (χ3v) is 3.17. The van der Waals surface area contributed by atoms with Crippen molar-refractivity contribution in [3.63, 3.8) is 0 Å². The molecule has 16 heavy (non-hydrogen) atoms. The largest absolute Gasteiger partial charge is 0.407 e. The summed E-state index contributed by atoms with van der Waals surface area (Å²) in [7, 11) is 1.98. The first-order chi connectivity index (χ1) is 7.69. The summed E-state index contributed by atoms with van der Waals surface area (Å²) < 4.78 is 5.55. The number of nitrogens with zero attached hydrogens (tertiary/aromatic N) is 3. The molecule has 0 aliphatic carbocycles. The standard InChI is InChI=1S/C10H20N4OS/c1-5-11-6-9-12-13-10(15-9)14(3)8(2)7-16-4/h8,11H,5-7H2,1-4H3. The molecule has 1 heterocycles. The maximum absolute atomic E-state index is 5.55. The number of nitrogens with one attached hydrogen (secondary N) is 1. The van der Waals surface area contributed by atoms with Crippen LogP contribution in [0.3, 0.4) is 0 Å². The van der Waals surface area contributed by atoms with E-state index in [1.165, 1.54) is 0 Å². The van der Waals surface area contributed by atoms with Crippen LogP contribution >= 0.6 is 11.8 Å². The quantitative estimate of drug-likeness (QED) is 0.782. The van der Waals surface area contributed by atoms with Gasteiger partial charge < -0.3 is 14.6 Å². The van der Waals surface area contributed by atoms with Gasteiger partial charge in [-0.05, 0) is 19.7 Å². The summed E-state index contributed by atoms with van der Waals surface area (Å²) >= 11 is 1.81. The van der Waals surface area contributed by atoms with Gasteiger partial charge in [0.25, 0.3) is 0 Å². The highest BCUT2D eigenvalue weighted by Crippen LogP contribution is 2.14. The van der Waals surface area contributed by atoms with Gasteiger partial charge in [-0.3, -0.25) is 0 Å². The zero-order valence-electron chi connectivity index (χ0n) is 10.4. The first kappa shape index (κ1) is 13.3. The molecule has 1 aromatic heterocycles. The van der Waals surface area contributed by atoms with Gasteiger partial charge in [-0.2, -0.15) is 11.8 Å². The maximum Gasteiger partial charge on any atom is 0.318 e. The second-order valence-corrected chi connectivity index (χ2v) is 4.58. The Hall–Kier alpha value is -0.750. The van der Waals surface area contributed by atoms with E-state index in [-0.39, 0.29) is 0 Å². The minimum atomic E-state index is 0.391. The molecule has 1 unspecified atom stereocenters. The fourth-order valence-corrected chi connectivity index (χ4v) is 1.94. The lowest BCUT2D eigenvalue weighted by Gasteiger charge is -2.21. The van der Waals surface area contributed by atoms with Crippen molar-refractivity contribution in [3.05, 3.63) is 5.89 Å². The summed E-state index contributed by atoms with van der Waals surface area (Å²) in [5.74, 6) is 1.68. The van der Waals surface area contributed by atoms with Crippen molar-refractivity contribution >= 4 is 17.8 Å². The zero-order chi connectivity index (χ0) is 12.0. The average Bonchev–Trinajstić information content (AvgIpc) is 2.74. The van der Waals surface area contributed by atoms with Crippen molar-refractivity contribution in [3.8, 4) is 0 Å². The van der Waals surface area contributed by atoms with Crippen LogP contribution in [-0.4, -0.2) is 41.8 Å². The first-order valence-electron chi connectivity index (χ1n) is 5.43. The molecule has 0 bridgehead atoms. The monoisotopic (exact) mass is 244 g/mol. The molecule has 1 aromatic rings. The number of aromatic nitrogens is 2. The van der Waals surface area contributed by atoms with Crippen LogP contribution in [0.1, 0.15) is 19.7 Å². The Kier molecular flexibility index (Phi) is 5.62. The van der Waals surface area contributed by atoms with E-state index in [1.807, 2.05) is 30.6 Å². The van der Waals surface area contributed by atoms with E-state index < -0.39 is 0 Å². The number of anilines is 1. The van der Waals surface area contributed by atoms with Gasteiger partial charge in [0.2, 0.25) is 5.89 Å². The lowest BCUT2D eigenvalue weighted by Crippen LogP contribution is -2.31. The topological polar surface area (TPSA) is 54.2 Å². The van der Waals surface area contributed by atoms with Crippen molar-refractivity contribution < 1.29 is 4.42 Å². The fraction of sp³-hybridized carbons (Fsp3) is 0.800. The average molecular weight is 244 g/mol. The van der Waals surface area contributed by atoms with Crippen LogP contribution in [-0.2, 0) is 6.54 Å². The van der Waals surface area contributed by atoms with E-state index >= 15 is 0 Å². The van der Waals surface area contributed by atoms with Crippen LogP contribution in [0.2, 0.25) is 0 Å². The maximum atomic E-state index is 5.55. The van der Waals surface area contributed by atoms with Gasteiger partial charge in [0.1, 0.15) is 0 Å². The Morgan fingerprint density at radius 3 is 2.88 bits per heavy atom. The molecule has 0 spiro atoms. The summed E-state index contributed by atoms with van der Waals surface area (Å²) in [4.78, 5) is 2.01. The molecule has 1 atom stereocenters. The smallest absolute Gasteiger partial charge is 0.318 e. The second kappa shape index (κ2) is 6.75. The van der Waals surface area contributed by atoms with Crippen LogP contribution in [0.15, 0.2) is 4.42 Å². The summed E-state index contributed by atoms with van der Waals surface area (Å²) in [6.07, 6.45) is 2.09. The lowest BCUT2D eigenvalue weighted by atomic mass is 10.4. The van der Waals surface area contributed by atoms with E-state index in [9.17, 15) is 0 Å². The van der Waals surface area contributed by atoms with E-state index in [0.717, 1.165) is 12.3 Å². The van der Waals surface area contributed by atoms with Gasteiger partial charge >= 0.3 is 6.01 Å². The number of hydrogen-bond donors (Lipinski definition) is 1. The molecular weight excluding hydrogens is 224 g/mol. The van der Waals surface area contributed by atoms with E-state index in [1.54, 1.807) is 0 Å². The molecule has 1 rings (SSSR count). The van der Waals surface area contributed by atoms with Crippen molar-refractivity contribution in [2.75, 3.05) is 30.5 Å². The summed E-state index contributed by atoms with van der Waals surface area (Å²) in [5, 5.41) is 11.2. The molecule has 0 fully saturated rings. The highest BCUT2D eigenvalue weighted by molar-refractivity contribution is 7.98.